The molecule has 16 heavy (non-hydrogen) atoms. The first-order valence-electron chi connectivity index (χ1n) is 4.76. The first-order valence-corrected chi connectivity index (χ1v) is 5.55. The molecule has 1 rings (SSSR count). The molecule has 0 amide bonds. The summed E-state index contributed by atoms with van der Waals surface area (Å²) >= 11 is 3.24. The zero-order chi connectivity index (χ0) is 12.3. The van der Waals surface area contributed by atoms with E-state index in [1.54, 1.807) is 32.9 Å². The Hall–Kier alpha value is -1.34. The topological polar surface area (TPSA) is 50.1 Å². The van der Waals surface area contributed by atoms with Crippen molar-refractivity contribution in [3.8, 4) is 6.07 Å². The van der Waals surface area contributed by atoms with Crippen LogP contribution in [0.4, 0.5) is 0 Å². The molecule has 4 heteroatoms. The summed E-state index contributed by atoms with van der Waals surface area (Å²) in [6, 6.07) is 6.78. The summed E-state index contributed by atoms with van der Waals surface area (Å²) in [4.78, 5) is 11.7. The van der Waals surface area contributed by atoms with E-state index < -0.39 is 11.6 Å². The fourth-order valence-electron chi connectivity index (χ4n) is 1.11. The minimum absolute atomic E-state index is 0.376. The van der Waals surface area contributed by atoms with Gasteiger partial charge in [0.1, 0.15) is 5.60 Å². The van der Waals surface area contributed by atoms with Crippen LogP contribution in [0.3, 0.4) is 0 Å². The van der Waals surface area contributed by atoms with Gasteiger partial charge in [0.15, 0.2) is 0 Å². The Morgan fingerprint density at radius 1 is 1.38 bits per heavy atom. The SMILES string of the molecule is CC(C)(C)OC(=O)c1cc(Br)cc(C#N)c1. The van der Waals surface area contributed by atoms with E-state index in [0.29, 0.717) is 15.6 Å². The molecule has 84 valence electrons. The van der Waals surface area contributed by atoms with E-state index in [-0.39, 0.29) is 0 Å². The van der Waals surface area contributed by atoms with E-state index in [1.165, 1.54) is 6.07 Å². The first kappa shape index (κ1) is 12.7. The maximum absolute atomic E-state index is 11.7. The van der Waals surface area contributed by atoms with E-state index in [9.17, 15) is 4.79 Å². The third-order valence-corrected chi connectivity index (χ3v) is 2.12. The lowest BCUT2D eigenvalue weighted by molar-refractivity contribution is 0.00694. The van der Waals surface area contributed by atoms with Crippen molar-refractivity contribution >= 4 is 21.9 Å². The molecule has 0 heterocycles. The fraction of sp³-hybridized carbons (Fsp3) is 0.333. The highest BCUT2D eigenvalue weighted by Crippen LogP contribution is 2.18. The zero-order valence-electron chi connectivity index (χ0n) is 9.37. The van der Waals surface area contributed by atoms with Gasteiger partial charge < -0.3 is 4.74 Å². The van der Waals surface area contributed by atoms with Crippen LogP contribution in [0.5, 0.6) is 0 Å². The van der Waals surface area contributed by atoms with Crippen LogP contribution in [-0.2, 0) is 4.74 Å². The standard InChI is InChI=1S/C12H12BrNO2/c1-12(2,3)16-11(15)9-4-8(7-14)5-10(13)6-9/h4-6H,1-3H3. The van der Waals surface area contributed by atoms with E-state index in [4.69, 9.17) is 10.00 Å². The molecule has 0 bridgehead atoms. The fourth-order valence-corrected chi connectivity index (χ4v) is 1.60. The molecule has 1 aromatic rings. The number of hydrogen-bond donors (Lipinski definition) is 0. The highest BCUT2D eigenvalue weighted by atomic mass is 79.9. The molecule has 0 aliphatic heterocycles. The van der Waals surface area contributed by atoms with Crippen LogP contribution in [0.1, 0.15) is 36.7 Å². The Labute approximate surface area is 103 Å². The van der Waals surface area contributed by atoms with Crippen molar-refractivity contribution in [3.63, 3.8) is 0 Å². The van der Waals surface area contributed by atoms with Gasteiger partial charge in [-0.1, -0.05) is 15.9 Å². The first-order chi connectivity index (χ1) is 7.31. The Balaban J connectivity index is 3.01. The molecular weight excluding hydrogens is 270 g/mol. The number of halogens is 1. The highest BCUT2D eigenvalue weighted by molar-refractivity contribution is 9.10. The lowest BCUT2D eigenvalue weighted by Crippen LogP contribution is -2.23. The van der Waals surface area contributed by atoms with Crippen molar-refractivity contribution < 1.29 is 9.53 Å². The highest BCUT2D eigenvalue weighted by Gasteiger charge is 2.18. The summed E-state index contributed by atoms with van der Waals surface area (Å²) in [5.74, 6) is -0.426. The minimum Gasteiger partial charge on any atom is -0.456 e. The smallest absolute Gasteiger partial charge is 0.338 e. The van der Waals surface area contributed by atoms with E-state index in [0.717, 1.165) is 0 Å². The second-order valence-corrected chi connectivity index (χ2v) is 5.26. The number of hydrogen-bond acceptors (Lipinski definition) is 3. The number of benzene rings is 1. The Bertz CT molecular complexity index is 455. The molecule has 3 nitrogen and oxygen atoms in total. The largest absolute Gasteiger partial charge is 0.456 e. The molecule has 0 unspecified atom stereocenters. The van der Waals surface area contributed by atoms with Crippen LogP contribution in [-0.4, -0.2) is 11.6 Å². The molecule has 0 atom stereocenters. The molecule has 0 aliphatic carbocycles. The maximum atomic E-state index is 11.7. The van der Waals surface area contributed by atoms with E-state index in [2.05, 4.69) is 15.9 Å². The molecular formula is C12H12BrNO2. The summed E-state index contributed by atoms with van der Waals surface area (Å²) in [5.41, 5.74) is 0.266. The predicted molar refractivity (Wildman–Crippen MR) is 64.0 cm³/mol. The molecule has 0 aromatic heterocycles. The van der Waals surface area contributed by atoms with Crippen LogP contribution in [0.15, 0.2) is 22.7 Å². The van der Waals surface area contributed by atoms with Gasteiger partial charge in [0, 0.05) is 4.47 Å². The van der Waals surface area contributed by atoms with Crippen LogP contribution in [0.2, 0.25) is 0 Å². The maximum Gasteiger partial charge on any atom is 0.338 e. The van der Waals surface area contributed by atoms with Crippen molar-refractivity contribution in [1.29, 1.82) is 5.26 Å². The average molecular weight is 282 g/mol. The van der Waals surface area contributed by atoms with Crippen molar-refractivity contribution in [2.45, 2.75) is 26.4 Å². The third kappa shape index (κ3) is 3.67. The Morgan fingerprint density at radius 2 is 2.00 bits per heavy atom. The number of esters is 1. The molecule has 1 aromatic carbocycles. The van der Waals surface area contributed by atoms with Crippen molar-refractivity contribution in [1.82, 2.24) is 0 Å². The second kappa shape index (κ2) is 4.67. The molecule has 0 radical (unpaired) electrons. The van der Waals surface area contributed by atoms with Gasteiger partial charge >= 0.3 is 5.97 Å². The number of ether oxygens (including phenoxy) is 1. The van der Waals surface area contributed by atoms with E-state index in [1.807, 2.05) is 6.07 Å². The summed E-state index contributed by atoms with van der Waals surface area (Å²) in [7, 11) is 0. The summed E-state index contributed by atoms with van der Waals surface area (Å²) in [6.07, 6.45) is 0. The van der Waals surface area contributed by atoms with Crippen molar-refractivity contribution in [2.24, 2.45) is 0 Å². The summed E-state index contributed by atoms with van der Waals surface area (Å²) < 4.78 is 5.90. The molecule has 0 N–H and O–H groups in total. The van der Waals surface area contributed by atoms with Crippen LogP contribution < -0.4 is 0 Å². The number of nitriles is 1. The number of nitrogens with zero attached hydrogens (tertiary/aromatic N) is 1. The van der Waals surface area contributed by atoms with Crippen LogP contribution in [0, 0.1) is 11.3 Å². The average Bonchev–Trinajstić information content (AvgIpc) is 2.14. The zero-order valence-corrected chi connectivity index (χ0v) is 11.0. The summed E-state index contributed by atoms with van der Waals surface area (Å²) in [5, 5.41) is 8.78. The monoisotopic (exact) mass is 281 g/mol. The molecule has 0 saturated heterocycles. The lowest BCUT2D eigenvalue weighted by atomic mass is 10.1. The van der Waals surface area contributed by atoms with E-state index >= 15 is 0 Å². The number of carbonyl (C=O) groups is 1. The predicted octanol–water partition coefficient (Wildman–Crippen LogP) is 3.28. The molecule has 0 spiro atoms. The van der Waals surface area contributed by atoms with Gasteiger partial charge in [-0.15, -0.1) is 0 Å². The normalized spacial score (nSPS) is 10.7. The Kier molecular flexibility index (Phi) is 3.71. The van der Waals surface area contributed by atoms with Gasteiger partial charge in [0.2, 0.25) is 0 Å². The van der Waals surface area contributed by atoms with Gasteiger partial charge in [0.25, 0.3) is 0 Å². The van der Waals surface area contributed by atoms with Crippen LogP contribution >= 0.6 is 15.9 Å². The van der Waals surface area contributed by atoms with Gasteiger partial charge in [-0.2, -0.15) is 5.26 Å². The summed E-state index contributed by atoms with van der Waals surface area (Å²) in [6.45, 7) is 5.40. The molecule has 0 fully saturated rings. The quantitative estimate of drug-likeness (QED) is 0.743. The second-order valence-electron chi connectivity index (χ2n) is 4.34. The number of carbonyl (C=O) groups excluding carboxylic acids is 1. The Morgan fingerprint density at radius 3 is 2.50 bits per heavy atom. The van der Waals surface area contributed by atoms with Gasteiger partial charge in [-0.25, -0.2) is 4.79 Å². The number of rotatable bonds is 1. The van der Waals surface area contributed by atoms with Crippen molar-refractivity contribution in [2.75, 3.05) is 0 Å². The van der Waals surface area contributed by atoms with Gasteiger partial charge in [0.05, 0.1) is 17.2 Å². The lowest BCUT2D eigenvalue weighted by Gasteiger charge is -2.19. The minimum atomic E-state index is -0.536. The van der Waals surface area contributed by atoms with Gasteiger partial charge in [-0.3, -0.25) is 0 Å². The molecule has 0 aliphatic rings. The molecule has 0 saturated carbocycles. The van der Waals surface area contributed by atoms with Gasteiger partial charge in [-0.05, 0) is 39.0 Å². The van der Waals surface area contributed by atoms with Crippen LogP contribution in [0.25, 0.3) is 0 Å². The third-order valence-electron chi connectivity index (χ3n) is 1.66. The van der Waals surface area contributed by atoms with Crippen molar-refractivity contribution in [3.05, 3.63) is 33.8 Å².